The number of sulfonamides is 1. The van der Waals surface area contributed by atoms with Gasteiger partial charge < -0.3 is 9.47 Å². The van der Waals surface area contributed by atoms with E-state index in [9.17, 15) is 8.42 Å². The van der Waals surface area contributed by atoms with Crippen molar-refractivity contribution in [1.82, 2.24) is 19.7 Å². The maximum Gasteiger partial charge on any atom is 0.319 e. The highest BCUT2D eigenvalue weighted by molar-refractivity contribution is 7.89. The van der Waals surface area contributed by atoms with Gasteiger partial charge in [0.05, 0.1) is 30.3 Å². The molecule has 0 amide bonds. The van der Waals surface area contributed by atoms with Crippen LogP contribution in [0, 0.1) is 0 Å². The van der Waals surface area contributed by atoms with Gasteiger partial charge in [0, 0.05) is 23.8 Å². The van der Waals surface area contributed by atoms with E-state index in [0.717, 1.165) is 24.8 Å². The van der Waals surface area contributed by atoms with Gasteiger partial charge in [-0.15, -0.1) is 0 Å². The van der Waals surface area contributed by atoms with Crippen molar-refractivity contribution in [3.05, 3.63) is 35.6 Å². The van der Waals surface area contributed by atoms with E-state index in [1.54, 1.807) is 24.4 Å². The summed E-state index contributed by atoms with van der Waals surface area (Å²) in [5.74, 6) is 0.353. The second-order valence-corrected chi connectivity index (χ2v) is 8.76. The standard InChI is InChI=1S/C19H19ClN4O4S/c1-27-18-14(9-22-19(23-18)28-2)11-6-7-13-15(8-11)21-10-16(17(13)20)29(25,26)24-12-4-3-5-12/h6-10,12,24H,3-5H2,1-2H3. The first kappa shape index (κ1) is 19.8. The Bertz CT molecular complexity index is 1180. The molecule has 0 saturated heterocycles. The minimum Gasteiger partial charge on any atom is -0.480 e. The smallest absolute Gasteiger partial charge is 0.319 e. The number of nitrogens with zero attached hydrogens (tertiary/aromatic N) is 3. The summed E-state index contributed by atoms with van der Waals surface area (Å²) < 4.78 is 38.3. The fourth-order valence-electron chi connectivity index (χ4n) is 3.11. The van der Waals surface area contributed by atoms with E-state index in [1.807, 2.05) is 0 Å². The first-order valence-electron chi connectivity index (χ1n) is 8.99. The second-order valence-electron chi connectivity index (χ2n) is 6.70. The summed E-state index contributed by atoms with van der Waals surface area (Å²) in [5, 5.41) is 0.687. The molecule has 1 aliphatic rings. The summed E-state index contributed by atoms with van der Waals surface area (Å²) in [6, 6.07) is 5.47. The van der Waals surface area contributed by atoms with Gasteiger partial charge in [-0.3, -0.25) is 4.98 Å². The Hall–Kier alpha value is -2.49. The SMILES string of the molecule is COc1ncc(-c2ccc3c(Cl)c(S(=O)(=O)NC4CCC4)cnc3c2)c(OC)n1. The Morgan fingerprint density at radius 3 is 2.59 bits per heavy atom. The summed E-state index contributed by atoms with van der Waals surface area (Å²) in [7, 11) is -0.740. The van der Waals surface area contributed by atoms with Gasteiger partial charge in [-0.05, 0) is 24.5 Å². The minimum atomic E-state index is -3.72. The summed E-state index contributed by atoms with van der Waals surface area (Å²) >= 11 is 6.44. The lowest BCUT2D eigenvalue weighted by atomic mass is 9.94. The first-order chi connectivity index (χ1) is 13.9. The molecular formula is C19H19ClN4O4S. The molecule has 0 aliphatic heterocycles. The number of benzene rings is 1. The number of ether oxygens (including phenoxy) is 2. The quantitative estimate of drug-likeness (QED) is 0.635. The van der Waals surface area contributed by atoms with Crippen molar-refractivity contribution < 1.29 is 17.9 Å². The number of rotatable bonds is 6. The van der Waals surface area contributed by atoms with Crippen LogP contribution in [0.1, 0.15) is 19.3 Å². The molecule has 10 heteroatoms. The van der Waals surface area contributed by atoms with Gasteiger partial charge in [-0.2, -0.15) is 4.98 Å². The third-order valence-corrected chi connectivity index (χ3v) is 6.96. The molecule has 8 nitrogen and oxygen atoms in total. The van der Waals surface area contributed by atoms with Crippen LogP contribution in [0.2, 0.25) is 5.02 Å². The fourth-order valence-corrected chi connectivity index (χ4v) is 4.96. The summed E-state index contributed by atoms with van der Waals surface area (Å²) in [6.45, 7) is 0. The second kappa shape index (κ2) is 7.74. The topological polar surface area (TPSA) is 103 Å². The Morgan fingerprint density at radius 2 is 1.93 bits per heavy atom. The van der Waals surface area contributed by atoms with Crippen molar-refractivity contribution >= 4 is 32.5 Å². The van der Waals surface area contributed by atoms with Crippen molar-refractivity contribution in [3.8, 4) is 23.0 Å². The van der Waals surface area contributed by atoms with Gasteiger partial charge in [0.2, 0.25) is 15.9 Å². The van der Waals surface area contributed by atoms with E-state index in [2.05, 4.69) is 19.7 Å². The van der Waals surface area contributed by atoms with Crippen LogP contribution in [0.5, 0.6) is 11.9 Å². The Morgan fingerprint density at radius 1 is 1.14 bits per heavy atom. The van der Waals surface area contributed by atoms with E-state index in [1.165, 1.54) is 20.4 Å². The van der Waals surface area contributed by atoms with Crippen LogP contribution < -0.4 is 14.2 Å². The van der Waals surface area contributed by atoms with E-state index >= 15 is 0 Å². The molecule has 0 spiro atoms. The van der Waals surface area contributed by atoms with Gasteiger partial charge in [0.15, 0.2) is 0 Å². The molecule has 29 heavy (non-hydrogen) atoms. The molecular weight excluding hydrogens is 416 g/mol. The molecule has 152 valence electrons. The number of nitrogens with one attached hydrogen (secondary N) is 1. The monoisotopic (exact) mass is 434 g/mol. The fraction of sp³-hybridized carbons (Fsp3) is 0.316. The number of aromatic nitrogens is 3. The molecule has 0 unspecified atom stereocenters. The number of hydrogen-bond acceptors (Lipinski definition) is 7. The molecule has 1 aromatic carbocycles. The normalized spacial score (nSPS) is 14.6. The van der Waals surface area contributed by atoms with Crippen LogP contribution in [-0.2, 0) is 10.0 Å². The van der Waals surface area contributed by atoms with Crippen molar-refractivity contribution in [2.75, 3.05) is 14.2 Å². The van der Waals surface area contributed by atoms with Gasteiger partial charge >= 0.3 is 6.01 Å². The van der Waals surface area contributed by atoms with E-state index < -0.39 is 10.0 Å². The highest BCUT2D eigenvalue weighted by atomic mass is 35.5. The van der Waals surface area contributed by atoms with Crippen LogP contribution in [0.3, 0.4) is 0 Å². The lowest BCUT2D eigenvalue weighted by molar-refractivity contribution is 0.353. The summed E-state index contributed by atoms with van der Waals surface area (Å²) in [5.41, 5.74) is 1.95. The number of methoxy groups -OCH3 is 2. The largest absolute Gasteiger partial charge is 0.480 e. The third-order valence-electron chi connectivity index (χ3n) is 4.91. The highest BCUT2D eigenvalue weighted by Gasteiger charge is 2.27. The maximum absolute atomic E-state index is 12.7. The molecule has 4 rings (SSSR count). The third kappa shape index (κ3) is 3.73. The lowest BCUT2D eigenvalue weighted by Crippen LogP contribution is -2.39. The van der Waals surface area contributed by atoms with Crippen molar-refractivity contribution in [3.63, 3.8) is 0 Å². The molecule has 2 aromatic heterocycles. The van der Waals surface area contributed by atoms with Crippen LogP contribution in [0.25, 0.3) is 22.0 Å². The van der Waals surface area contributed by atoms with Crippen LogP contribution >= 0.6 is 11.6 Å². The molecule has 0 atom stereocenters. The molecule has 0 radical (unpaired) electrons. The highest BCUT2D eigenvalue weighted by Crippen LogP contribution is 2.34. The average Bonchev–Trinajstić information content (AvgIpc) is 2.70. The zero-order valence-corrected chi connectivity index (χ0v) is 17.4. The maximum atomic E-state index is 12.7. The van der Waals surface area contributed by atoms with E-state index in [4.69, 9.17) is 21.1 Å². The molecule has 1 saturated carbocycles. The summed E-state index contributed by atoms with van der Waals surface area (Å²) in [6.07, 6.45) is 5.59. The number of halogens is 1. The zero-order valence-electron chi connectivity index (χ0n) is 15.8. The van der Waals surface area contributed by atoms with E-state index in [0.29, 0.717) is 22.3 Å². The average molecular weight is 435 g/mol. The molecule has 0 bridgehead atoms. The molecule has 2 heterocycles. The Balaban J connectivity index is 1.75. The predicted octanol–water partition coefficient (Wildman–Crippen LogP) is 3.19. The molecule has 1 N–H and O–H groups in total. The Kier molecular flexibility index (Phi) is 5.28. The molecule has 1 aliphatic carbocycles. The van der Waals surface area contributed by atoms with Crippen LogP contribution in [0.4, 0.5) is 0 Å². The van der Waals surface area contributed by atoms with Crippen LogP contribution in [-0.4, -0.2) is 43.6 Å². The van der Waals surface area contributed by atoms with Gasteiger partial charge in [-0.25, -0.2) is 18.1 Å². The van der Waals surface area contributed by atoms with Crippen molar-refractivity contribution in [2.45, 2.75) is 30.2 Å². The molecule has 3 aromatic rings. The minimum absolute atomic E-state index is 0.0170. The number of fused-ring (bicyclic) bond motifs is 1. The summed E-state index contributed by atoms with van der Waals surface area (Å²) in [4.78, 5) is 12.6. The van der Waals surface area contributed by atoms with E-state index in [-0.39, 0.29) is 22.0 Å². The number of pyridine rings is 1. The van der Waals surface area contributed by atoms with Crippen molar-refractivity contribution in [2.24, 2.45) is 0 Å². The van der Waals surface area contributed by atoms with Crippen LogP contribution in [0.15, 0.2) is 35.5 Å². The zero-order chi connectivity index (χ0) is 20.6. The van der Waals surface area contributed by atoms with Gasteiger partial charge in [0.25, 0.3) is 0 Å². The van der Waals surface area contributed by atoms with Gasteiger partial charge in [0.1, 0.15) is 4.90 Å². The lowest BCUT2D eigenvalue weighted by Gasteiger charge is -2.26. The van der Waals surface area contributed by atoms with Gasteiger partial charge in [-0.1, -0.05) is 30.2 Å². The Labute approximate surface area is 173 Å². The molecule has 1 fully saturated rings. The first-order valence-corrected chi connectivity index (χ1v) is 10.8. The van der Waals surface area contributed by atoms with Crippen molar-refractivity contribution in [1.29, 1.82) is 0 Å². The predicted molar refractivity (Wildman–Crippen MR) is 109 cm³/mol. The number of hydrogen-bond donors (Lipinski definition) is 1.